The third kappa shape index (κ3) is 5.84. The SMILES string of the molecule is COCCC(NC(=O)Cc1c(C)nn(CC(F)(F)F)c1C)C(=O)O. The molecule has 10 heteroatoms. The van der Waals surface area contributed by atoms with Gasteiger partial charge in [-0.25, -0.2) is 4.79 Å². The Balaban J connectivity index is 2.81. The van der Waals surface area contributed by atoms with Crippen molar-refractivity contribution in [1.82, 2.24) is 15.1 Å². The molecular weight excluding hydrogens is 331 g/mol. The van der Waals surface area contributed by atoms with Crippen molar-refractivity contribution < 1.29 is 32.6 Å². The van der Waals surface area contributed by atoms with Gasteiger partial charge >= 0.3 is 12.1 Å². The van der Waals surface area contributed by atoms with E-state index in [0.29, 0.717) is 11.3 Å². The highest BCUT2D eigenvalue weighted by molar-refractivity contribution is 5.85. The second-order valence-corrected chi connectivity index (χ2v) is 5.34. The maximum atomic E-state index is 12.5. The molecule has 0 spiro atoms. The number of halogens is 3. The lowest BCUT2D eigenvalue weighted by Gasteiger charge is -2.14. The van der Waals surface area contributed by atoms with Crippen molar-refractivity contribution in [1.29, 1.82) is 0 Å². The Bertz CT molecular complexity index is 599. The van der Waals surface area contributed by atoms with E-state index in [4.69, 9.17) is 9.84 Å². The number of nitrogens with one attached hydrogen (secondary N) is 1. The fourth-order valence-electron chi connectivity index (χ4n) is 2.21. The fourth-order valence-corrected chi connectivity index (χ4v) is 2.21. The molecule has 1 rings (SSSR count). The van der Waals surface area contributed by atoms with Gasteiger partial charge in [-0.2, -0.15) is 18.3 Å². The van der Waals surface area contributed by atoms with Crippen molar-refractivity contribution in [2.45, 2.75) is 45.5 Å². The van der Waals surface area contributed by atoms with Crippen LogP contribution in [-0.4, -0.2) is 52.7 Å². The summed E-state index contributed by atoms with van der Waals surface area (Å²) in [7, 11) is 1.41. The molecule has 1 aromatic rings. The van der Waals surface area contributed by atoms with Crippen molar-refractivity contribution >= 4 is 11.9 Å². The van der Waals surface area contributed by atoms with Crippen LogP contribution in [0.1, 0.15) is 23.4 Å². The first kappa shape index (κ1) is 19.9. The number of ether oxygens (including phenoxy) is 1. The Labute approximate surface area is 136 Å². The molecule has 1 unspecified atom stereocenters. The molecule has 0 saturated carbocycles. The van der Waals surface area contributed by atoms with Crippen LogP contribution in [0.2, 0.25) is 0 Å². The molecule has 1 atom stereocenters. The van der Waals surface area contributed by atoms with E-state index in [9.17, 15) is 22.8 Å². The largest absolute Gasteiger partial charge is 0.480 e. The van der Waals surface area contributed by atoms with E-state index in [0.717, 1.165) is 4.68 Å². The molecule has 136 valence electrons. The minimum absolute atomic E-state index is 0.0862. The van der Waals surface area contributed by atoms with Gasteiger partial charge in [0.25, 0.3) is 0 Å². The Morgan fingerprint density at radius 3 is 2.50 bits per heavy atom. The van der Waals surface area contributed by atoms with Gasteiger partial charge in [-0.1, -0.05) is 0 Å². The number of aryl methyl sites for hydroxylation is 1. The molecule has 0 aliphatic heterocycles. The van der Waals surface area contributed by atoms with Crippen LogP contribution in [0.4, 0.5) is 13.2 Å². The minimum atomic E-state index is -4.42. The topological polar surface area (TPSA) is 93.5 Å². The van der Waals surface area contributed by atoms with Gasteiger partial charge in [0.2, 0.25) is 5.91 Å². The van der Waals surface area contributed by atoms with Crippen LogP contribution in [0.15, 0.2) is 0 Å². The highest BCUT2D eigenvalue weighted by Gasteiger charge is 2.30. The number of carboxylic acids is 1. The van der Waals surface area contributed by atoms with Crippen LogP contribution in [0.5, 0.6) is 0 Å². The predicted octanol–water partition coefficient (Wildman–Crippen LogP) is 1.21. The van der Waals surface area contributed by atoms with Crippen LogP contribution in [0.3, 0.4) is 0 Å². The number of carbonyl (C=O) groups excluding carboxylic acids is 1. The zero-order valence-corrected chi connectivity index (χ0v) is 13.6. The van der Waals surface area contributed by atoms with Crippen LogP contribution in [0.25, 0.3) is 0 Å². The molecule has 0 saturated heterocycles. The molecule has 1 aromatic heterocycles. The van der Waals surface area contributed by atoms with Crippen molar-refractivity contribution in [3.05, 3.63) is 17.0 Å². The van der Waals surface area contributed by atoms with Gasteiger partial charge in [-0.3, -0.25) is 9.48 Å². The zero-order valence-electron chi connectivity index (χ0n) is 13.6. The fraction of sp³-hybridized carbons (Fsp3) is 0.643. The first-order valence-corrected chi connectivity index (χ1v) is 7.16. The van der Waals surface area contributed by atoms with Crippen LogP contribution in [0, 0.1) is 13.8 Å². The number of nitrogens with zero attached hydrogens (tertiary/aromatic N) is 2. The summed E-state index contributed by atoms with van der Waals surface area (Å²) in [5.74, 6) is -1.81. The number of alkyl halides is 3. The van der Waals surface area contributed by atoms with Gasteiger partial charge in [0.05, 0.1) is 12.1 Å². The van der Waals surface area contributed by atoms with Gasteiger partial charge in [0.1, 0.15) is 12.6 Å². The highest BCUT2D eigenvalue weighted by Crippen LogP contribution is 2.21. The van der Waals surface area contributed by atoms with Crippen LogP contribution >= 0.6 is 0 Å². The molecule has 24 heavy (non-hydrogen) atoms. The standard InChI is InChI=1S/C14H20F3N3O4/c1-8-10(9(2)20(19-8)7-14(15,16)17)6-12(21)18-11(13(22)23)4-5-24-3/h11H,4-7H2,1-3H3,(H,18,21)(H,22,23). The van der Waals surface area contributed by atoms with Gasteiger partial charge in [0, 0.05) is 31.4 Å². The lowest BCUT2D eigenvalue weighted by Crippen LogP contribution is -2.42. The Morgan fingerprint density at radius 1 is 1.38 bits per heavy atom. The summed E-state index contributed by atoms with van der Waals surface area (Å²) in [6.45, 7) is 1.85. The first-order valence-electron chi connectivity index (χ1n) is 7.16. The molecule has 1 heterocycles. The average Bonchev–Trinajstić information content (AvgIpc) is 2.68. The molecule has 0 aromatic carbocycles. The summed E-state index contributed by atoms with van der Waals surface area (Å²) < 4.78 is 43.0. The monoisotopic (exact) mass is 351 g/mol. The number of aromatic nitrogens is 2. The van der Waals surface area contributed by atoms with Gasteiger partial charge in [-0.15, -0.1) is 0 Å². The Morgan fingerprint density at radius 2 is 2.00 bits per heavy atom. The van der Waals surface area contributed by atoms with E-state index in [2.05, 4.69) is 10.4 Å². The number of aliphatic carboxylic acids is 1. The lowest BCUT2D eigenvalue weighted by molar-refractivity contribution is -0.143. The van der Waals surface area contributed by atoms with Crippen LogP contribution < -0.4 is 5.32 Å². The summed E-state index contributed by atoms with van der Waals surface area (Å²) in [5.41, 5.74) is 0.882. The normalized spacial score (nSPS) is 12.9. The number of carbonyl (C=O) groups is 2. The van der Waals surface area contributed by atoms with E-state index in [1.54, 1.807) is 0 Å². The van der Waals surface area contributed by atoms with Crippen molar-refractivity contribution in [3.8, 4) is 0 Å². The van der Waals surface area contributed by atoms with Crippen molar-refractivity contribution in [2.75, 3.05) is 13.7 Å². The quantitative estimate of drug-likeness (QED) is 0.734. The van der Waals surface area contributed by atoms with E-state index in [1.807, 2.05) is 0 Å². The highest BCUT2D eigenvalue weighted by atomic mass is 19.4. The van der Waals surface area contributed by atoms with E-state index >= 15 is 0 Å². The molecule has 1 amide bonds. The lowest BCUT2D eigenvalue weighted by atomic mass is 10.1. The summed E-state index contributed by atoms with van der Waals surface area (Å²) >= 11 is 0. The van der Waals surface area contributed by atoms with Crippen molar-refractivity contribution in [3.63, 3.8) is 0 Å². The first-order chi connectivity index (χ1) is 11.0. The second-order valence-electron chi connectivity index (χ2n) is 5.34. The maximum Gasteiger partial charge on any atom is 0.408 e. The predicted molar refractivity (Wildman–Crippen MR) is 77.5 cm³/mol. The molecular formula is C14H20F3N3O4. The molecule has 7 nitrogen and oxygen atoms in total. The summed E-state index contributed by atoms with van der Waals surface area (Å²) in [5, 5.41) is 15.2. The zero-order chi connectivity index (χ0) is 18.5. The number of methoxy groups -OCH3 is 1. The number of amides is 1. The van der Waals surface area contributed by atoms with E-state index in [-0.39, 0.29) is 25.1 Å². The molecule has 2 N–H and O–H groups in total. The summed E-state index contributed by atoms with van der Waals surface area (Å²) in [6.07, 6.45) is -4.58. The van der Waals surface area contributed by atoms with Crippen molar-refractivity contribution in [2.24, 2.45) is 0 Å². The number of hydrogen-bond donors (Lipinski definition) is 2. The third-order valence-electron chi connectivity index (χ3n) is 3.44. The molecule has 0 aliphatic rings. The third-order valence-corrected chi connectivity index (χ3v) is 3.44. The number of rotatable bonds is 8. The maximum absolute atomic E-state index is 12.5. The summed E-state index contributed by atoms with van der Waals surface area (Å²) in [6, 6.07) is -1.12. The minimum Gasteiger partial charge on any atom is -0.480 e. The van der Waals surface area contributed by atoms with Gasteiger partial charge < -0.3 is 15.2 Å². The van der Waals surface area contributed by atoms with E-state index in [1.165, 1.54) is 21.0 Å². The van der Waals surface area contributed by atoms with Gasteiger partial charge in [-0.05, 0) is 13.8 Å². The molecule has 0 bridgehead atoms. The molecule has 0 fully saturated rings. The van der Waals surface area contributed by atoms with Crippen LogP contribution in [-0.2, 0) is 27.3 Å². The smallest absolute Gasteiger partial charge is 0.408 e. The molecule has 0 radical (unpaired) electrons. The van der Waals surface area contributed by atoms with E-state index < -0.39 is 30.6 Å². The molecule has 0 aliphatic carbocycles. The summed E-state index contributed by atoms with van der Waals surface area (Å²) in [4.78, 5) is 23.1. The second kappa shape index (κ2) is 8.13. The number of hydrogen-bond acceptors (Lipinski definition) is 4. The number of carboxylic acid groups (broad SMARTS) is 1. The van der Waals surface area contributed by atoms with Gasteiger partial charge in [0.15, 0.2) is 0 Å². The Hall–Kier alpha value is -2.10. The Kier molecular flexibility index (Phi) is 6.76. The average molecular weight is 351 g/mol.